The summed E-state index contributed by atoms with van der Waals surface area (Å²) in [6.45, 7) is 11.6. The smallest absolute Gasteiger partial charge is 0.191 e. The van der Waals surface area contributed by atoms with Crippen LogP contribution in [0, 0.1) is 0 Å². The number of morpholine rings is 1. The number of hydrogen-bond acceptors (Lipinski definition) is 4. The molecule has 0 unspecified atom stereocenters. The first kappa shape index (κ1) is 22.0. The molecule has 2 rings (SSSR count). The Hall–Kier alpha value is -1.06. The number of ether oxygens (including phenoxy) is 2. The second-order valence-electron chi connectivity index (χ2n) is 5.76. The normalized spacial score (nSPS) is 15.2. The van der Waals surface area contributed by atoms with E-state index in [4.69, 9.17) is 15.2 Å². The molecule has 0 aliphatic carbocycles. The second kappa shape index (κ2) is 12.3. The Labute approximate surface area is 168 Å². The summed E-state index contributed by atoms with van der Waals surface area (Å²) in [6.07, 6.45) is 0. The zero-order valence-corrected chi connectivity index (χ0v) is 17.6. The molecular weight excluding hydrogens is 431 g/mol. The van der Waals surface area contributed by atoms with Crippen LogP contribution in [0.4, 0.5) is 0 Å². The van der Waals surface area contributed by atoms with Crippen LogP contribution in [0.5, 0.6) is 5.75 Å². The quantitative estimate of drug-likeness (QED) is 0.365. The summed E-state index contributed by atoms with van der Waals surface area (Å²) < 4.78 is 11.3. The fourth-order valence-corrected chi connectivity index (χ4v) is 2.66. The molecule has 1 aliphatic heterocycles. The number of para-hydroxylation sites is 1. The van der Waals surface area contributed by atoms with E-state index < -0.39 is 0 Å². The first-order valence-corrected chi connectivity index (χ1v) is 8.80. The van der Waals surface area contributed by atoms with Crippen LogP contribution in [0.25, 0.3) is 0 Å². The van der Waals surface area contributed by atoms with E-state index in [1.54, 1.807) is 0 Å². The van der Waals surface area contributed by atoms with Gasteiger partial charge in [0.15, 0.2) is 5.96 Å². The highest BCUT2D eigenvalue weighted by Crippen LogP contribution is 2.19. The van der Waals surface area contributed by atoms with E-state index in [2.05, 4.69) is 28.6 Å². The largest absolute Gasteiger partial charge is 0.492 e. The van der Waals surface area contributed by atoms with Gasteiger partial charge in [-0.15, -0.1) is 24.0 Å². The van der Waals surface area contributed by atoms with Gasteiger partial charge in [-0.25, -0.2) is 4.99 Å². The maximum Gasteiger partial charge on any atom is 0.191 e. The van der Waals surface area contributed by atoms with Crippen LogP contribution in [0.2, 0.25) is 0 Å². The van der Waals surface area contributed by atoms with Crippen LogP contribution in [-0.4, -0.2) is 68.3 Å². The molecule has 7 heteroatoms. The lowest BCUT2D eigenvalue weighted by molar-refractivity contribution is 0.0674. The summed E-state index contributed by atoms with van der Waals surface area (Å²) in [5.74, 6) is 1.47. The summed E-state index contributed by atoms with van der Waals surface area (Å²) >= 11 is 0. The van der Waals surface area contributed by atoms with Gasteiger partial charge in [-0.2, -0.15) is 0 Å². The van der Waals surface area contributed by atoms with Crippen LogP contribution < -0.4 is 10.5 Å². The van der Waals surface area contributed by atoms with Crippen LogP contribution >= 0.6 is 24.0 Å². The molecule has 1 aromatic rings. The average molecular weight is 462 g/mol. The number of aliphatic imine (C=N–C) groups is 1. The molecule has 1 heterocycles. The molecule has 142 valence electrons. The van der Waals surface area contributed by atoms with E-state index >= 15 is 0 Å². The Morgan fingerprint density at radius 2 is 1.92 bits per heavy atom. The van der Waals surface area contributed by atoms with Crippen molar-refractivity contribution >= 4 is 29.9 Å². The zero-order chi connectivity index (χ0) is 17.2. The minimum atomic E-state index is 0. The predicted octanol–water partition coefficient (Wildman–Crippen LogP) is 2.17. The Morgan fingerprint density at radius 1 is 1.24 bits per heavy atom. The van der Waals surface area contributed by atoms with Gasteiger partial charge in [0, 0.05) is 25.2 Å². The number of nitrogens with zero attached hydrogens (tertiary/aromatic N) is 3. The lowest BCUT2D eigenvalue weighted by atomic mass is 10.2. The highest BCUT2D eigenvalue weighted by molar-refractivity contribution is 14.0. The molecule has 0 atom stereocenters. The van der Waals surface area contributed by atoms with Gasteiger partial charge in [0.1, 0.15) is 12.4 Å². The lowest BCUT2D eigenvalue weighted by Crippen LogP contribution is -2.44. The first-order valence-electron chi connectivity index (χ1n) is 8.80. The van der Waals surface area contributed by atoms with Crippen LogP contribution in [0.3, 0.4) is 0 Å². The van der Waals surface area contributed by atoms with Crippen molar-refractivity contribution in [3.05, 3.63) is 29.8 Å². The van der Waals surface area contributed by atoms with Gasteiger partial charge in [0.25, 0.3) is 0 Å². The third-order valence-corrected chi connectivity index (χ3v) is 4.28. The Balaban J connectivity index is 0.00000312. The fourth-order valence-electron chi connectivity index (χ4n) is 2.66. The minimum absolute atomic E-state index is 0. The molecule has 0 radical (unpaired) electrons. The fraction of sp³-hybridized carbons (Fsp3) is 0.611. The summed E-state index contributed by atoms with van der Waals surface area (Å²) in [5.41, 5.74) is 7.16. The third kappa shape index (κ3) is 7.37. The van der Waals surface area contributed by atoms with E-state index in [1.165, 1.54) is 0 Å². The van der Waals surface area contributed by atoms with E-state index in [1.807, 2.05) is 24.3 Å². The third-order valence-electron chi connectivity index (χ3n) is 4.28. The van der Waals surface area contributed by atoms with Gasteiger partial charge in [0.2, 0.25) is 0 Å². The van der Waals surface area contributed by atoms with Crippen molar-refractivity contribution in [1.82, 2.24) is 9.80 Å². The summed E-state index contributed by atoms with van der Waals surface area (Å²) in [5, 5.41) is 0. The molecule has 2 N–H and O–H groups in total. The van der Waals surface area contributed by atoms with E-state index in [9.17, 15) is 0 Å². The number of rotatable bonds is 8. The van der Waals surface area contributed by atoms with Crippen molar-refractivity contribution in [2.45, 2.75) is 20.4 Å². The van der Waals surface area contributed by atoms with Crippen molar-refractivity contribution < 1.29 is 9.47 Å². The Kier molecular flexibility index (Phi) is 10.8. The number of nitrogens with two attached hydrogens (primary N) is 1. The molecule has 1 aliphatic rings. The summed E-state index contributed by atoms with van der Waals surface area (Å²) in [6, 6.07) is 8.04. The molecule has 1 fully saturated rings. The molecule has 0 amide bonds. The predicted molar refractivity (Wildman–Crippen MR) is 113 cm³/mol. The van der Waals surface area contributed by atoms with Gasteiger partial charge in [-0.05, 0) is 19.2 Å². The molecule has 25 heavy (non-hydrogen) atoms. The molecule has 0 aromatic heterocycles. The van der Waals surface area contributed by atoms with Gasteiger partial charge in [-0.3, -0.25) is 0 Å². The lowest BCUT2D eigenvalue weighted by Gasteiger charge is -2.27. The Morgan fingerprint density at radius 3 is 2.60 bits per heavy atom. The number of likely N-dealkylation sites (N-methyl/N-ethyl adjacent to an activating group) is 1. The highest BCUT2D eigenvalue weighted by Gasteiger charge is 2.12. The molecule has 0 saturated carbocycles. The maximum absolute atomic E-state index is 6.10. The Bertz CT molecular complexity index is 518. The molecule has 0 spiro atoms. The van der Waals surface area contributed by atoms with Crippen LogP contribution in [0.1, 0.15) is 19.4 Å². The number of guanidine groups is 1. The number of halogens is 1. The number of hydrogen-bond donors (Lipinski definition) is 1. The van der Waals surface area contributed by atoms with Crippen LogP contribution in [-0.2, 0) is 11.3 Å². The van der Waals surface area contributed by atoms with Crippen molar-refractivity contribution in [2.24, 2.45) is 10.7 Å². The summed E-state index contributed by atoms with van der Waals surface area (Å²) in [7, 11) is 0. The molecule has 6 nitrogen and oxygen atoms in total. The van der Waals surface area contributed by atoms with Gasteiger partial charge >= 0.3 is 0 Å². The van der Waals surface area contributed by atoms with Crippen molar-refractivity contribution in [3.8, 4) is 5.75 Å². The van der Waals surface area contributed by atoms with E-state index in [-0.39, 0.29) is 24.0 Å². The standard InChI is InChI=1S/C18H30N4O2.HI/c1-3-21(4-2)9-14-24-17-8-6-5-7-16(17)15-20-18(19)22-10-12-23-13-11-22;/h5-8H,3-4,9-15H2,1-2H3,(H2,19,20);1H. The van der Waals surface area contributed by atoms with Gasteiger partial charge < -0.3 is 25.0 Å². The van der Waals surface area contributed by atoms with Crippen molar-refractivity contribution in [1.29, 1.82) is 0 Å². The zero-order valence-electron chi connectivity index (χ0n) is 15.3. The maximum atomic E-state index is 6.10. The van der Waals surface area contributed by atoms with Gasteiger partial charge in [-0.1, -0.05) is 32.0 Å². The van der Waals surface area contributed by atoms with E-state index in [0.29, 0.717) is 32.3 Å². The topological polar surface area (TPSA) is 63.3 Å². The molecule has 1 saturated heterocycles. The minimum Gasteiger partial charge on any atom is -0.492 e. The van der Waals surface area contributed by atoms with Crippen molar-refractivity contribution in [3.63, 3.8) is 0 Å². The van der Waals surface area contributed by atoms with Crippen molar-refractivity contribution in [2.75, 3.05) is 52.5 Å². The van der Waals surface area contributed by atoms with Gasteiger partial charge in [0.05, 0.1) is 19.8 Å². The first-order chi connectivity index (χ1) is 11.7. The summed E-state index contributed by atoms with van der Waals surface area (Å²) in [4.78, 5) is 8.94. The molecule has 0 bridgehead atoms. The monoisotopic (exact) mass is 462 g/mol. The number of benzene rings is 1. The second-order valence-corrected chi connectivity index (χ2v) is 5.76. The highest BCUT2D eigenvalue weighted by atomic mass is 127. The van der Waals surface area contributed by atoms with Crippen LogP contribution in [0.15, 0.2) is 29.3 Å². The SMILES string of the molecule is CCN(CC)CCOc1ccccc1CN=C(N)N1CCOCC1.I. The van der Waals surface area contributed by atoms with E-state index in [0.717, 1.165) is 44.0 Å². The molecular formula is C18H31IN4O2. The molecule has 1 aromatic carbocycles. The average Bonchev–Trinajstić information content (AvgIpc) is 2.65.